The molecule has 190 valence electrons. The van der Waals surface area contributed by atoms with E-state index in [0.717, 1.165) is 36.6 Å². The van der Waals surface area contributed by atoms with Gasteiger partial charge in [0.25, 0.3) is 0 Å². The van der Waals surface area contributed by atoms with Crippen LogP contribution in [0.1, 0.15) is 85.8 Å². The monoisotopic (exact) mass is 490 g/mol. The lowest BCUT2D eigenvalue weighted by molar-refractivity contribution is 0.632. The van der Waals surface area contributed by atoms with Crippen molar-refractivity contribution in [1.82, 2.24) is 0 Å². The van der Waals surface area contributed by atoms with Crippen LogP contribution in [0.3, 0.4) is 0 Å². The van der Waals surface area contributed by atoms with Crippen LogP contribution in [-0.4, -0.2) is 0 Å². The van der Waals surface area contributed by atoms with Gasteiger partial charge in [0.05, 0.1) is 5.56 Å². The molecule has 0 heterocycles. The Bertz CT molecular complexity index is 1330. The number of benzene rings is 4. The van der Waals surface area contributed by atoms with Crippen LogP contribution in [0.4, 0.5) is 4.39 Å². The number of aryl methyl sites for hydroxylation is 4. The molecule has 4 aromatic rings. The Labute approximate surface area is 223 Å². The highest BCUT2D eigenvalue weighted by Gasteiger charge is 2.07. The Hall–Kier alpha value is -3.37. The minimum Gasteiger partial charge on any atom is -0.205 e. The molecule has 0 amide bonds. The maximum absolute atomic E-state index is 15.2. The van der Waals surface area contributed by atoms with Crippen molar-refractivity contribution in [2.24, 2.45) is 0 Å². The molecule has 0 fully saturated rings. The maximum Gasteiger partial charge on any atom is 0.146 e. The number of fused-ring (bicyclic) bond motifs is 1. The zero-order valence-corrected chi connectivity index (χ0v) is 22.5. The van der Waals surface area contributed by atoms with Gasteiger partial charge in [-0.2, -0.15) is 0 Å². The lowest BCUT2D eigenvalue weighted by Crippen LogP contribution is -1.94. The zero-order valence-electron chi connectivity index (χ0n) is 22.5. The normalized spacial score (nSPS) is 10.9. The topological polar surface area (TPSA) is 0 Å². The van der Waals surface area contributed by atoms with Gasteiger partial charge in [0.2, 0.25) is 0 Å². The summed E-state index contributed by atoms with van der Waals surface area (Å²) in [6, 6.07) is 27.2. The van der Waals surface area contributed by atoms with Crippen LogP contribution in [0, 0.1) is 17.7 Å². The van der Waals surface area contributed by atoms with E-state index in [-0.39, 0.29) is 5.82 Å². The molecular weight excluding hydrogens is 451 g/mol. The Morgan fingerprint density at radius 1 is 0.541 bits per heavy atom. The summed E-state index contributed by atoms with van der Waals surface area (Å²) in [5, 5.41) is 1.57. The molecule has 0 saturated heterocycles. The Balaban J connectivity index is 1.36. The third kappa shape index (κ3) is 7.80. The van der Waals surface area contributed by atoms with Crippen LogP contribution in [-0.2, 0) is 25.7 Å². The van der Waals surface area contributed by atoms with Gasteiger partial charge in [-0.25, -0.2) is 4.39 Å². The molecule has 1 heteroatoms. The number of unbranched alkanes of at least 4 members (excludes halogenated alkanes) is 4. The van der Waals surface area contributed by atoms with Crippen LogP contribution in [0.25, 0.3) is 10.8 Å². The molecule has 37 heavy (non-hydrogen) atoms. The van der Waals surface area contributed by atoms with Gasteiger partial charge >= 0.3 is 0 Å². The summed E-state index contributed by atoms with van der Waals surface area (Å²) in [5.74, 6) is 5.92. The van der Waals surface area contributed by atoms with Crippen molar-refractivity contribution in [1.29, 1.82) is 0 Å². The Morgan fingerprint density at radius 2 is 1.16 bits per heavy atom. The molecule has 0 atom stereocenters. The number of hydrogen-bond donors (Lipinski definition) is 0. The quantitative estimate of drug-likeness (QED) is 0.145. The van der Waals surface area contributed by atoms with Crippen molar-refractivity contribution >= 4 is 10.8 Å². The molecule has 0 aromatic heterocycles. The molecule has 0 saturated carbocycles. The van der Waals surface area contributed by atoms with E-state index in [1.54, 1.807) is 6.07 Å². The number of hydrogen-bond acceptors (Lipinski definition) is 0. The summed E-state index contributed by atoms with van der Waals surface area (Å²) in [6.45, 7) is 4.43. The second kappa shape index (κ2) is 13.8. The largest absolute Gasteiger partial charge is 0.205 e. The number of halogens is 1. The van der Waals surface area contributed by atoms with E-state index in [1.807, 2.05) is 24.3 Å². The van der Waals surface area contributed by atoms with Crippen molar-refractivity contribution in [3.63, 3.8) is 0 Å². The fourth-order valence-corrected chi connectivity index (χ4v) is 4.87. The molecule has 0 aliphatic carbocycles. The highest BCUT2D eigenvalue weighted by molar-refractivity contribution is 5.85. The molecule has 0 unspecified atom stereocenters. The fourth-order valence-electron chi connectivity index (χ4n) is 4.87. The average Bonchev–Trinajstić information content (AvgIpc) is 2.93. The minimum absolute atomic E-state index is 0.232. The van der Waals surface area contributed by atoms with Gasteiger partial charge in [0.15, 0.2) is 0 Å². The smallest absolute Gasteiger partial charge is 0.146 e. The van der Waals surface area contributed by atoms with Crippen molar-refractivity contribution < 1.29 is 4.39 Å². The first-order chi connectivity index (χ1) is 18.2. The lowest BCUT2D eigenvalue weighted by Gasteiger charge is -2.07. The highest BCUT2D eigenvalue weighted by Crippen LogP contribution is 2.23. The predicted molar refractivity (Wildman–Crippen MR) is 157 cm³/mol. The van der Waals surface area contributed by atoms with Gasteiger partial charge in [0, 0.05) is 10.9 Å². The van der Waals surface area contributed by atoms with Crippen LogP contribution < -0.4 is 0 Å². The summed E-state index contributed by atoms with van der Waals surface area (Å²) in [4.78, 5) is 0. The third-order valence-electron chi connectivity index (χ3n) is 7.15. The summed E-state index contributed by atoms with van der Waals surface area (Å²) in [5.41, 5.74) is 6.70. The van der Waals surface area contributed by atoms with Gasteiger partial charge < -0.3 is 0 Å². The van der Waals surface area contributed by atoms with Crippen LogP contribution >= 0.6 is 0 Å². The van der Waals surface area contributed by atoms with Crippen molar-refractivity contribution in [2.75, 3.05) is 0 Å². The molecular formula is C36H39F. The standard InChI is InChI=1S/C36H39F/c1-3-5-6-7-8-10-29-13-17-30(18-14-29)19-20-32-22-26-35-34(27-32)25-24-33(36(35)37)23-21-31-15-11-28(9-4-2)12-16-31/h11-18,22,24-27H,3-10,19-20H2,1-2H3. The molecule has 0 nitrogen and oxygen atoms in total. The Morgan fingerprint density at radius 3 is 1.89 bits per heavy atom. The fraction of sp³-hybridized carbons (Fsp3) is 0.333. The molecule has 0 spiro atoms. The van der Waals surface area contributed by atoms with Crippen LogP contribution in [0.5, 0.6) is 0 Å². The number of rotatable bonds is 11. The van der Waals surface area contributed by atoms with Crippen molar-refractivity contribution in [3.05, 3.63) is 118 Å². The first-order valence-electron chi connectivity index (χ1n) is 14.1. The van der Waals surface area contributed by atoms with E-state index >= 15 is 4.39 Å². The third-order valence-corrected chi connectivity index (χ3v) is 7.15. The lowest BCUT2D eigenvalue weighted by atomic mass is 9.98. The summed E-state index contributed by atoms with van der Waals surface area (Å²) >= 11 is 0. The van der Waals surface area contributed by atoms with Gasteiger partial charge in [-0.3, -0.25) is 0 Å². The molecule has 0 bridgehead atoms. The second-order valence-corrected chi connectivity index (χ2v) is 10.2. The molecule has 4 aromatic carbocycles. The van der Waals surface area contributed by atoms with Gasteiger partial charge in [-0.15, -0.1) is 0 Å². The molecule has 4 rings (SSSR count). The minimum atomic E-state index is -0.232. The first kappa shape index (κ1) is 26.7. The van der Waals surface area contributed by atoms with Gasteiger partial charge in [-0.1, -0.05) is 118 Å². The van der Waals surface area contributed by atoms with E-state index in [9.17, 15) is 0 Å². The molecule has 0 aliphatic rings. The van der Waals surface area contributed by atoms with E-state index in [4.69, 9.17) is 0 Å². The average molecular weight is 491 g/mol. The highest BCUT2D eigenvalue weighted by atomic mass is 19.1. The van der Waals surface area contributed by atoms with Gasteiger partial charge in [-0.05, 0) is 77.9 Å². The van der Waals surface area contributed by atoms with Gasteiger partial charge in [0.1, 0.15) is 5.82 Å². The predicted octanol–water partition coefficient (Wildman–Crippen LogP) is 9.63. The van der Waals surface area contributed by atoms with Crippen molar-refractivity contribution in [3.8, 4) is 11.8 Å². The van der Waals surface area contributed by atoms with E-state index in [0.29, 0.717) is 10.9 Å². The summed E-state index contributed by atoms with van der Waals surface area (Å²) < 4.78 is 15.2. The SMILES string of the molecule is CCCCCCCc1ccc(CCc2ccc3c(F)c(C#Cc4ccc(CCC)cc4)ccc3c2)cc1. The zero-order chi connectivity index (χ0) is 25.9. The van der Waals surface area contributed by atoms with E-state index in [2.05, 4.69) is 74.2 Å². The maximum atomic E-state index is 15.2. The summed E-state index contributed by atoms with van der Waals surface area (Å²) in [6.07, 6.45) is 11.9. The first-order valence-corrected chi connectivity index (χ1v) is 14.1. The molecule has 0 aliphatic heterocycles. The van der Waals surface area contributed by atoms with E-state index < -0.39 is 0 Å². The second-order valence-electron chi connectivity index (χ2n) is 10.2. The molecule has 0 N–H and O–H groups in total. The molecule has 0 radical (unpaired) electrons. The van der Waals surface area contributed by atoms with Crippen LogP contribution in [0.15, 0.2) is 78.9 Å². The summed E-state index contributed by atoms with van der Waals surface area (Å²) in [7, 11) is 0. The van der Waals surface area contributed by atoms with Crippen molar-refractivity contribution in [2.45, 2.75) is 78.1 Å². The van der Waals surface area contributed by atoms with E-state index in [1.165, 1.54) is 60.8 Å². The Kier molecular flexibility index (Phi) is 9.96. The van der Waals surface area contributed by atoms with Crippen LogP contribution in [0.2, 0.25) is 0 Å².